The van der Waals surface area contributed by atoms with Crippen LogP contribution in [0.5, 0.6) is 0 Å². The molecule has 3 N–H and O–H groups in total. The summed E-state index contributed by atoms with van der Waals surface area (Å²) in [5.41, 5.74) is 2.06. The zero-order valence-corrected chi connectivity index (χ0v) is 13.7. The molecule has 1 aliphatic carbocycles. The largest absolute Gasteiger partial charge is 0.334 e. The molecule has 0 aromatic heterocycles. The van der Waals surface area contributed by atoms with Crippen LogP contribution < -0.4 is 10.6 Å². The van der Waals surface area contributed by atoms with E-state index in [0.29, 0.717) is 12.0 Å². The van der Waals surface area contributed by atoms with Gasteiger partial charge in [-0.2, -0.15) is 0 Å². The van der Waals surface area contributed by atoms with E-state index in [0.717, 1.165) is 11.6 Å². The Balaban J connectivity index is 1.90. The molecule has 1 aromatic carbocycles. The van der Waals surface area contributed by atoms with E-state index >= 15 is 0 Å². The van der Waals surface area contributed by atoms with Crippen molar-refractivity contribution in [3.63, 3.8) is 0 Å². The first-order valence-electron chi connectivity index (χ1n) is 8.20. The van der Waals surface area contributed by atoms with Crippen LogP contribution in [0.15, 0.2) is 24.3 Å². The second-order valence-electron chi connectivity index (χ2n) is 6.77. The molecular formula is C18H29N2O+. The van der Waals surface area contributed by atoms with E-state index in [4.69, 9.17) is 0 Å². The molecule has 3 heteroatoms. The third kappa shape index (κ3) is 4.31. The molecule has 2 rings (SSSR count). The normalized spacial score (nSPS) is 27.1. The fraction of sp³-hybridized carbons (Fsp3) is 0.611. The summed E-state index contributed by atoms with van der Waals surface area (Å²) in [6, 6.07) is 8.51. The van der Waals surface area contributed by atoms with Gasteiger partial charge in [-0.15, -0.1) is 0 Å². The van der Waals surface area contributed by atoms with Gasteiger partial charge in [-0.05, 0) is 56.7 Å². The predicted octanol–water partition coefficient (Wildman–Crippen LogP) is 2.71. The summed E-state index contributed by atoms with van der Waals surface area (Å²) in [6.45, 7) is 8.71. The van der Waals surface area contributed by atoms with E-state index in [1.807, 2.05) is 38.1 Å². The Morgan fingerprint density at radius 2 is 2.10 bits per heavy atom. The van der Waals surface area contributed by atoms with Crippen LogP contribution in [0.3, 0.4) is 0 Å². The van der Waals surface area contributed by atoms with E-state index in [1.165, 1.54) is 24.8 Å². The zero-order valence-electron chi connectivity index (χ0n) is 13.7. The molecule has 1 amide bonds. The van der Waals surface area contributed by atoms with Crippen molar-refractivity contribution in [2.75, 3.05) is 5.32 Å². The maximum atomic E-state index is 12.3. The SMILES string of the molecule is Cc1cccc(NC(=O)[C@@H](C)[NH2+][C@@H]2CCC[C@H](C)[C@@H]2C)c1. The van der Waals surface area contributed by atoms with E-state index < -0.39 is 0 Å². The van der Waals surface area contributed by atoms with Crippen LogP contribution >= 0.6 is 0 Å². The van der Waals surface area contributed by atoms with Crippen LogP contribution in [0, 0.1) is 18.8 Å². The number of carbonyl (C=O) groups excluding carboxylic acids is 1. The number of hydrogen-bond acceptors (Lipinski definition) is 1. The lowest BCUT2D eigenvalue weighted by Gasteiger charge is -2.33. The van der Waals surface area contributed by atoms with Crippen LogP contribution in [0.1, 0.15) is 45.6 Å². The van der Waals surface area contributed by atoms with Crippen molar-refractivity contribution in [3.05, 3.63) is 29.8 Å². The molecule has 0 radical (unpaired) electrons. The Bertz CT molecular complexity index is 486. The second kappa shape index (κ2) is 7.08. The van der Waals surface area contributed by atoms with Gasteiger partial charge in [0.1, 0.15) is 0 Å². The first-order valence-corrected chi connectivity index (χ1v) is 8.20. The second-order valence-corrected chi connectivity index (χ2v) is 6.77. The molecule has 0 unspecified atom stereocenters. The molecule has 3 nitrogen and oxygen atoms in total. The predicted molar refractivity (Wildman–Crippen MR) is 87.2 cm³/mol. The van der Waals surface area contributed by atoms with Crippen molar-refractivity contribution >= 4 is 11.6 Å². The Kier molecular flexibility index (Phi) is 5.40. The summed E-state index contributed by atoms with van der Waals surface area (Å²) < 4.78 is 0. The third-order valence-electron chi connectivity index (χ3n) is 5.00. The number of nitrogens with one attached hydrogen (secondary N) is 1. The smallest absolute Gasteiger partial charge is 0.282 e. The van der Waals surface area contributed by atoms with Gasteiger partial charge in [0.2, 0.25) is 0 Å². The first-order chi connectivity index (χ1) is 9.97. The molecule has 1 aromatic rings. The highest BCUT2D eigenvalue weighted by Crippen LogP contribution is 2.27. The quantitative estimate of drug-likeness (QED) is 0.879. The monoisotopic (exact) mass is 289 g/mol. The van der Waals surface area contributed by atoms with Crippen molar-refractivity contribution in [3.8, 4) is 0 Å². The molecule has 21 heavy (non-hydrogen) atoms. The number of rotatable bonds is 4. The van der Waals surface area contributed by atoms with Crippen LogP contribution in [0.2, 0.25) is 0 Å². The van der Waals surface area contributed by atoms with E-state index in [2.05, 4.69) is 24.5 Å². The number of anilines is 1. The lowest BCUT2D eigenvalue weighted by Crippen LogP contribution is -2.97. The summed E-state index contributed by atoms with van der Waals surface area (Å²) in [4.78, 5) is 12.3. The van der Waals surface area contributed by atoms with Gasteiger partial charge >= 0.3 is 0 Å². The maximum absolute atomic E-state index is 12.3. The average molecular weight is 289 g/mol. The minimum Gasteiger partial charge on any atom is -0.334 e. The molecule has 0 bridgehead atoms. The highest BCUT2D eigenvalue weighted by molar-refractivity contribution is 5.93. The van der Waals surface area contributed by atoms with Crippen LogP contribution in [-0.4, -0.2) is 18.0 Å². The van der Waals surface area contributed by atoms with Crippen LogP contribution in [-0.2, 0) is 4.79 Å². The van der Waals surface area contributed by atoms with E-state index in [-0.39, 0.29) is 11.9 Å². The van der Waals surface area contributed by atoms with Gasteiger partial charge in [0.25, 0.3) is 5.91 Å². The van der Waals surface area contributed by atoms with Crippen molar-refractivity contribution < 1.29 is 10.1 Å². The highest BCUT2D eigenvalue weighted by atomic mass is 16.2. The Morgan fingerprint density at radius 3 is 2.81 bits per heavy atom. The van der Waals surface area contributed by atoms with Crippen molar-refractivity contribution in [1.29, 1.82) is 0 Å². The average Bonchev–Trinajstić information content (AvgIpc) is 2.44. The molecule has 1 saturated carbocycles. The fourth-order valence-corrected chi connectivity index (χ4v) is 3.33. The minimum atomic E-state index is -0.0386. The van der Waals surface area contributed by atoms with Gasteiger partial charge in [0, 0.05) is 11.6 Å². The molecule has 0 spiro atoms. The summed E-state index contributed by atoms with van der Waals surface area (Å²) in [5.74, 6) is 1.56. The summed E-state index contributed by atoms with van der Waals surface area (Å²) in [6.07, 6.45) is 3.85. The number of amides is 1. The number of quaternary nitrogens is 1. The van der Waals surface area contributed by atoms with Crippen LogP contribution in [0.25, 0.3) is 0 Å². The van der Waals surface area contributed by atoms with E-state index in [9.17, 15) is 4.79 Å². The molecule has 0 aliphatic heterocycles. The van der Waals surface area contributed by atoms with Gasteiger partial charge in [0.05, 0.1) is 6.04 Å². The van der Waals surface area contributed by atoms with Crippen molar-refractivity contribution in [2.24, 2.45) is 11.8 Å². The lowest BCUT2D eigenvalue weighted by molar-refractivity contribution is -0.715. The molecule has 0 heterocycles. The number of nitrogens with two attached hydrogens (primary N) is 1. The maximum Gasteiger partial charge on any atom is 0.282 e. The standard InChI is InChI=1S/C18H28N2O/c1-12-7-5-9-16(11-12)20-18(21)15(4)19-17-10-6-8-13(2)14(17)3/h5,7,9,11,13-15,17,19H,6,8,10H2,1-4H3,(H,20,21)/p+1/t13-,14-,15+,17+/m0/s1. The molecule has 116 valence electrons. The van der Waals surface area contributed by atoms with Gasteiger partial charge in [-0.25, -0.2) is 0 Å². The molecule has 1 fully saturated rings. The summed E-state index contributed by atoms with van der Waals surface area (Å²) in [5, 5.41) is 5.30. The fourth-order valence-electron chi connectivity index (χ4n) is 3.33. The summed E-state index contributed by atoms with van der Waals surface area (Å²) >= 11 is 0. The van der Waals surface area contributed by atoms with Gasteiger partial charge < -0.3 is 10.6 Å². The van der Waals surface area contributed by atoms with E-state index in [1.54, 1.807) is 0 Å². The minimum absolute atomic E-state index is 0.0386. The lowest BCUT2D eigenvalue weighted by atomic mass is 9.78. The van der Waals surface area contributed by atoms with Gasteiger partial charge in [-0.1, -0.05) is 26.0 Å². The molecule has 4 atom stereocenters. The highest BCUT2D eigenvalue weighted by Gasteiger charge is 2.32. The molecule has 0 saturated heterocycles. The van der Waals surface area contributed by atoms with Crippen molar-refractivity contribution in [2.45, 2.75) is 59.0 Å². The Hall–Kier alpha value is -1.35. The Morgan fingerprint density at radius 1 is 1.33 bits per heavy atom. The van der Waals surface area contributed by atoms with Crippen LogP contribution in [0.4, 0.5) is 5.69 Å². The number of hydrogen-bond donors (Lipinski definition) is 2. The first kappa shape index (κ1) is 16.0. The van der Waals surface area contributed by atoms with Gasteiger partial charge in [-0.3, -0.25) is 4.79 Å². The Labute approximate surface area is 128 Å². The van der Waals surface area contributed by atoms with Crippen molar-refractivity contribution in [1.82, 2.24) is 0 Å². The molecule has 1 aliphatic rings. The topological polar surface area (TPSA) is 45.7 Å². The number of carbonyl (C=O) groups is 1. The summed E-state index contributed by atoms with van der Waals surface area (Å²) in [7, 11) is 0. The zero-order chi connectivity index (χ0) is 15.4. The molecular weight excluding hydrogens is 260 g/mol. The number of aryl methyl sites for hydroxylation is 1. The third-order valence-corrected chi connectivity index (χ3v) is 5.00. The van der Waals surface area contributed by atoms with Gasteiger partial charge in [0.15, 0.2) is 6.04 Å². The number of benzene rings is 1.